The summed E-state index contributed by atoms with van der Waals surface area (Å²) >= 11 is 0. The molecule has 0 saturated carbocycles. The van der Waals surface area contributed by atoms with Gasteiger partial charge in [0.05, 0.1) is 0 Å². The Morgan fingerprint density at radius 3 is 2.62 bits per heavy atom. The van der Waals surface area contributed by atoms with Gasteiger partial charge in [-0.15, -0.1) is 0 Å². The molecule has 0 N–H and O–H groups in total. The molecule has 6 heteroatoms. The van der Waals surface area contributed by atoms with E-state index in [1.807, 2.05) is 24.0 Å². The van der Waals surface area contributed by atoms with E-state index in [1.165, 1.54) is 12.1 Å². The highest BCUT2D eigenvalue weighted by atomic mass is 19.1. The van der Waals surface area contributed by atoms with Gasteiger partial charge in [-0.3, -0.25) is 4.79 Å². The molecule has 2 aromatic rings. The fraction of sp³-hybridized carbons (Fsp3) is 0.450. The van der Waals surface area contributed by atoms with Crippen LogP contribution in [0, 0.1) is 12.7 Å². The van der Waals surface area contributed by atoms with Gasteiger partial charge in [0, 0.05) is 49.9 Å². The van der Waals surface area contributed by atoms with Gasteiger partial charge in [-0.2, -0.15) is 0 Å². The van der Waals surface area contributed by atoms with Gasteiger partial charge < -0.3 is 9.80 Å². The molecule has 1 aliphatic rings. The highest BCUT2D eigenvalue weighted by Crippen LogP contribution is 2.22. The smallest absolute Gasteiger partial charge is 0.222 e. The Bertz CT molecular complexity index is 772. The standard InChI is InChI=1S/C20H25FN4O/c1-3-4-8-19(26)25-11-9-24(10-12-25)18-13-15(2)22-20(23-18)16-6-5-7-17(21)14-16/h5-7,13-14H,3-4,8-12H2,1-2H3. The summed E-state index contributed by atoms with van der Waals surface area (Å²) < 4.78 is 13.5. The van der Waals surface area contributed by atoms with E-state index < -0.39 is 0 Å². The Kier molecular flexibility index (Phi) is 5.81. The zero-order valence-electron chi connectivity index (χ0n) is 15.4. The lowest BCUT2D eigenvalue weighted by Crippen LogP contribution is -2.49. The summed E-state index contributed by atoms with van der Waals surface area (Å²) in [6, 6.07) is 8.28. The molecule has 1 aromatic carbocycles. The molecule has 5 nitrogen and oxygen atoms in total. The van der Waals surface area contributed by atoms with Gasteiger partial charge in [0.15, 0.2) is 5.82 Å². The summed E-state index contributed by atoms with van der Waals surface area (Å²) in [6.07, 6.45) is 2.61. The van der Waals surface area contributed by atoms with E-state index in [0.717, 1.165) is 37.4 Å². The highest BCUT2D eigenvalue weighted by Gasteiger charge is 2.22. The first-order chi connectivity index (χ1) is 12.6. The summed E-state index contributed by atoms with van der Waals surface area (Å²) in [5.41, 5.74) is 1.51. The van der Waals surface area contributed by atoms with Crippen molar-refractivity contribution in [2.75, 3.05) is 31.1 Å². The molecule has 1 aromatic heterocycles. The van der Waals surface area contributed by atoms with E-state index in [-0.39, 0.29) is 11.7 Å². The SMILES string of the molecule is CCCCC(=O)N1CCN(c2cc(C)nc(-c3cccc(F)c3)n2)CC1. The number of piperazine rings is 1. The number of hydrogen-bond donors (Lipinski definition) is 0. The number of carbonyl (C=O) groups is 1. The van der Waals surface area contributed by atoms with E-state index in [4.69, 9.17) is 0 Å². The van der Waals surface area contributed by atoms with Crippen molar-refractivity contribution in [2.24, 2.45) is 0 Å². The fourth-order valence-electron chi connectivity index (χ4n) is 3.14. The average molecular weight is 356 g/mol. The van der Waals surface area contributed by atoms with Crippen LogP contribution in [0.1, 0.15) is 31.9 Å². The quantitative estimate of drug-likeness (QED) is 0.824. The molecular weight excluding hydrogens is 331 g/mol. The first-order valence-electron chi connectivity index (χ1n) is 9.21. The van der Waals surface area contributed by atoms with Crippen LogP contribution in [0.3, 0.4) is 0 Å². The third-order valence-electron chi connectivity index (χ3n) is 4.62. The number of halogens is 1. The Morgan fingerprint density at radius 2 is 1.92 bits per heavy atom. The number of unbranched alkanes of at least 4 members (excludes halogenated alkanes) is 1. The molecule has 1 aliphatic heterocycles. The maximum absolute atomic E-state index is 13.5. The monoisotopic (exact) mass is 356 g/mol. The first-order valence-corrected chi connectivity index (χ1v) is 9.21. The Balaban J connectivity index is 1.72. The third kappa shape index (κ3) is 4.36. The van der Waals surface area contributed by atoms with Gasteiger partial charge in [-0.25, -0.2) is 14.4 Å². The van der Waals surface area contributed by atoms with Gasteiger partial charge in [0.2, 0.25) is 5.91 Å². The zero-order chi connectivity index (χ0) is 18.5. The van der Waals surface area contributed by atoms with E-state index in [0.29, 0.717) is 30.9 Å². The molecule has 0 unspecified atom stereocenters. The van der Waals surface area contributed by atoms with Crippen LogP contribution in [0.15, 0.2) is 30.3 Å². The second-order valence-corrected chi connectivity index (χ2v) is 6.67. The van der Waals surface area contributed by atoms with E-state index in [9.17, 15) is 9.18 Å². The highest BCUT2D eigenvalue weighted by molar-refractivity contribution is 5.76. The molecule has 26 heavy (non-hydrogen) atoms. The van der Waals surface area contributed by atoms with Crippen molar-refractivity contribution < 1.29 is 9.18 Å². The molecule has 3 rings (SSSR count). The van der Waals surface area contributed by atoms with Gasteiger partial charge in [-0.1, -0.05) is 25.5 Å². The molecule has 0 spiro atoms. The molecule has 1 amide bonds. The molecule has 0 atom stereocenters. The van der Waals surface area contributed by atoms with Crippen LogP contribution in [0.25, 0.3) is 11.4 Å². The molecular formula is C20H25FN4O. The number of carbonyl (C=O) groups excluding carboxylic acids is 1. The van der Waals surface area contributed by atoms with Crippen LogP contribution in [-0.4, -0.2) is 47.0 Å². The number of hydrogen-bond acceptors (Lipinski definition) is 4. The predicted molar refractivity (Wildman–Crippen MR) is 100 cm³/mol. The molecule has 1 fully saturated rings. The van der Waals surface area contributed by atoms with E-state index >= 15 is 0 Å². The number of nitrogens with zero attached hydrogens (tertiary/aromatic N) is 4. The molecule has 0 aliphatic carbocycles. The number of rotatable bonds is 5. The topological polar surface area (TPSA) is 49.3 Å². The van der Waals surface area contributed by atoms with Crippen LogP contribution in [-0.2, 0) is 4.79 Å². The minimum absolute atomic E-state index is 0.241. The van der Waals surface area contributed by atoms with Gasteiger partial charge in [0.25, 0.3) is 0 Å². The largest absolute Gasteiger partial charge is 0.353 e. The van der Waals surface area contributed by atoms with Crippen molar-refractivity contribution in [2.45, 2.75) is 33.1 Å². The molecule has 0 bridgehead atoms. The summed E-state index contributed by atoms with van der Waals surface area (Å²) in [7, 11) is 0. The van der Waals surface area contributed by atoms with Crippen LogP contribution in [0.5, 0.6) is 0 Å². The minimum Gasteiger partial charge on any atom is -0.353 e. The Morgan fingerprint density at radius 1 is 1.15 bits per heavy atom. The first kappa shape index (κ1) is 18.3. The van der Waals surface area contributed by atoms with Crippen LogP contribution < -0.4 is 4.90 Å². The van der Waals surface area contributed by atoms with Crippen molar-refractivity contribution in [1.82, 2.24) is 14.9 Å². The van der Waals surface area contributed by atoms with Crippen molar-refractivity contribution in [3.05, 3.63) is 41.8 Å². The molecule has 2 heterocycles. The number of benzene rings is 1. The van der Waals surface area contributed by atoms with E-state index in [1.54, 1.807) is 6.07 Å². The number of aryl methyl sites for hydroxylation is 1. The second kappa shape index (κ2) is 8.25. The lowest BCUT2D eigenvalue weighted by atomic mass is 10.2. The van der Waals surface area contributed by atoms with Crippen molar-refractivity contribution in [3.8, 4) is 11.4 Å². The summed E-state index contributed by atoms with van der Waals surface area (Å²) in [6.45, 7) is 6.92. The van der Waals surface area contributed by atoms with Gasteiger partial charge in [0.1, 0.15) is 11.6 Å². The normalized spacial score (nSPS) is 14.6. The zero-order valence-corrected chi connectivity index (χ0v) is 15.4. The van der Waals surface area contributed by atoms with Gasteiger partial charge >= 0.3 is 0 Å². The summed E-state index contributed by atoms with van der Waals surface area (Å²) in [4.78, 5) is 25.4. The molecule has 1 saturated heterocycles. The second-order valence-electron chi connectivity index (χ2n) is 6.67. The van der Waals surface area contributed by atoms with E-state index in [2.05, 4.69) is 21.8 Å². The lowest BCUT2D eigenvalue weighted by Gasteiger charge is -2.35. The van der Waals surface area contributed by atoms with Crippen LogP contribution in [0.2, 0.25) is 0 Å². The lowest BCUT2D eigenvalue weighted by molar-refractivity contribution is -0.131. The minimum atomic E-state index is -0.298. The Hall–Kier alpha value is -2.50. The fourth-order valence-corrected chi connectivity index (χ4v) is 3.14. The van der Waals surface area contributed by atoms with Crippen molar-refractivity contribution in [1.29, 1.82) is 0 Å². The molecule has 0 radical (unpaired) electrons. The van der Waals surface area contributed by atoms with Crippen molar-refractivity contribution >= 4 is 11.7 Å². The Labute approximate surface area is 153 Å². The number of anilines is 1. The van der Waals surface area contributed by atoms with Crippen LogP contribution >= 0.6 is 0 Å². The van der Waals surface area contributed by atoms with Gasteiger partial charge in [-0.05, 0) is 25.5 Å². The predicted octanol–water partition coefficient (Wildman–Crippen LogP) is 3.43. The molecule has 138 valence electrons. The number of aromatic nitrogens is 2. The maximum atomic E-state index is 13.5. The van der Waals surface area contributed by atoms with Crippen LogP contribution in [0.4, 0.5) is 10.2 Å². The third-order valence-corrected chi connectivity index (χ3v) is 4.62. The summed E-state index contributed by atoms with van der Waals surface area (Å²) in [5.74, 6) is 1.30. The van der Waals surface area contributed by atoms with Crippen molar-refractivity contribution in [3.63, 3.8) is 0 Å². The summed E-state index contributed by atoms with van der Waals surface area (Å²) in [5, 5.41) is 0. The average Bonchev–Trinajstić information content (AvgIpc) is 2.65. The maximum Gasteiger partial charge on any atom is 0.222 e. The number of amides is 1.